The minimum absolute atomic E-state index is 0.136. The Labute approximate surface area is 152 Å². The molecule has 0 spiro atoms. The largest absolute Gasteiger partial charge is 0.507 e. The molecule has 2 aliphatic heterocycles. The van der Waals surface area contributed by atoms with Crippen LogP contribution < -0.4 is 11.1 Å². The third-order valence-corrected chi connectivity index (χ3v) is 3.75. The predicted octanol–water partition coefficient (Wildman–Crippen LogP) is -1.18. The van der Waals surface area contributed by atoms with Gasteiger partial charge in [0.2, 0.25) is 11.9 Å². The van der Waals surface area contributed by atoms with Gasteiger partial charge >= 0.3 is 0 Å². The molecule has 2 aliphatic rings. The highest BCUT2D eigenvalue weighted by Gasteiger charge is 2.36. The summed E-state index contributed by atoms with van der Waals surface area (Å²) in [6.07, 6.45) is 1.28. The Bertz CT molecular complexity index is 964. The number of nitrogens with two attached hydrogens (primary N) is 1. The van der Waals surface area contributed by atoms with E-state index in [2.05, 4.69) is 20.3 Å². The number of phenols is 1. The molecule has 2 heterocycles. The van der Waals surface area contributed by atoms with E-state index in [9.17, 15) is 24.3 Å². The molecule has 11 nitrogen and oxygen atoms in total. The standard InChI is InChI=1S/C16H14N6O5/c1-7(23)19-16-20-14-12(15(27)21-16)18-6-22(14)5-11(25)8-2-3-10(24)9(4-8)13(17)26/h2-4,6,12,24H,5H2,1H3,(H2,17,26)(H,19,21,23,27). The zero-order valence-corrected chi connectivity index (χ0v) is 14.0. The number of nitrogens with zero attached hydrogens (tertiary/aromatic N) is 4. The van der Waals surface area contributed by atoms with Crippen LogP contribution in [-0.4, -0.2) is 64.2 Å². The summed E-state index contributed by atoms with van der Waals surface area (Å²) in [5.41, 5.74) is 5.11. The maximum absolute atomic E-state index is 12.5. The summed E-state index contributed by atoms with van der Waals surface area (Å²) >= 11 is 0. The van der Waals surface area contributed by atoms with Gasteiger partial charge in [0.05, 0.1) is 18.4 Å². The van der Waals surface area contributed by atoms with E-state index in [0.717, 1.165) is 0 Å². The van der Waals surface area contributed by atoms with Gasteiger partial charge in [0.1, 0.15) is 11.6 Å². The molecular weight excluding hydrogens is 356 g/mol. The number of hydrogen-bond acceptors (Lipinski definition) is 8. The van der Waals surface area contributed by atoms with Gasteiger partial charge in [-0.05, 0) is 18.2 Å². The number of amides is 3. The summed E-state index contributed by atoms with van der Waals surface area (Å²) in [4.78, 5) is 60.0. The summed E-state index contributed by atoms with van der Waals surface area (Å²) in [6.45, 7) is 1.01. The van der Waals surface area contributed by atoms with Gasteiger partial charge in [0.15, 0.2) is 11.8 Å². The molecule has 0 saturated heterocycles. The molecule has 1 atom stereocenters. The van der Waals surface area contributed by atoms with Crippen LogP contribution in [0.25, 0.3) is 0 Å². The topological polar surface area (TPSA) is 167 Å². The number of fused-ring (bicyclic) bond motifs is 1. The number of guanidine groups is 1. The van der Waals surface area contributed by atoms with E-state index < -0.39 is 29.5 Å². The lowest BCUT2D eigenvalue weighted by molar-refractivity contribution is -0.117. The second kappa shape index (κ2) is 6.78. The fourth-order valence-electron chi connectivity index (χ4n) is 2.52. The van der Waals surface area contributed by atoms with E-state index in [0.29, 0.717) is 0 Å². The summed E-state index contributed by atoms with van der Waals surface area (Å²) in [5.74, 6) is -2.72. The quantitative estimate of drug-likeness (QED) is 0.564. The fraction of sp³-hybridized carbons (Fsp3) is 0.188. The molecule has 0 fully saturated rings. The molecule has 27 heavy (non-hydrogen) atoms. The highest BCUT2D eigenvalue weighted by Crippen LogP contribution is 2.19. The predicted molar refractivity (Wildman–Crippen MR) is 93.6 cm³/mol. The first-order valence-corrected chi connectivity index (χ1v) is 7.71. The van der Waals surface area contributed by atoms with Gasteiger partial charge in [0.25, 0.3) is 11.8 Å². The average Bonchev–Trinajstić information content (AvgIpc) is 2.97. The lowest BCUT2D eigenvalue weighted by Gasteiger charge is -2.20. The molecule has 1 unspecified atom stereocenters. The molecule has 138 valence electrons. The van der Waals surface area contributed by atoms with Crippen LogP contribution in [0.3, 0.4) is 0 Å². The Kier molecular flexibility index (Phi) is 4.50. The van der Waals surface area contributed by atoms with E-state index >= 15 is 0 Å². The Morgan fingerprint density at radius 3 is 2.70 bits per heavy atom. The number of benzene rings is 1. The van der Waals surface area contributed by atoms with Crippen LogP contribution in [0.1, 0.15) is 27.6 Å². The van der Waals surface area contributed by atoms with Crippen molar-refractivity contribution in [2.24, 2.45) is 20.7 Å². The van der Waals surface area contributed by atoms with Crippen molar-refractivity contribution in [1.82, 2.24) is 10.2 Å². The number of Topliss-reactive ketones (excluding diaryl/α,β-unsaturated/α-hetero) is 1. The van der Waals surface area contributed by atoms with E-state index in [1.807, 2.05) is 0 Å². The lowest BCUT2D eigenvalue weighted by Crippen LogP contribution is -2.43. The molecule has 0 aromatic heterocycles. The first-order valence-electron chi connectivity index (χ1n) is 7.71. The number of aliphatic imine (C=N–C) groups is 3. The number of ketones is 1. The van der Waals surface area contributed by atoms with Crippen molar-refractivity contribution in [3.63, 3.8) is 0 Å². The molecule has 11 heteroatoms. The number of aromatic hydroxyl groups is 1. The van der Waals surface area contributed by atoms with Gasteiger partial charge in [-0.1, -0.05) is 0 Å². The van der Waals surface area contributed by atoms with Crippen molar-refractivity contribution in [3.8, 4) is 5.75 Å². The number of primary amides is 1. The van der Waals surface area contributed by atoms with E-state index in [-0.39, 0.29) is 35.2 Å². The maximum Gasteiger partial charge on any atom is 0.281 e. The number of rotatable bonds is 4. The van der Waals surface area contributed by atoms with Gasteiger partial charge in [-0.25, -0.2) is 0 Å². The Morgan fingerprint density at radius 2 is 2.04 bits per heavy atom. The van der Waals surface area contributed by atoms with Crippen molar-refractivity contribution in [1.29, 1.82) is 0 Å². The van der Waals surface area contributed by atoms with Gasteiger partial charge in [-0.2, -0.15) is 9.98 Å². The van der Waals surface area contributed by atoms with Crippen LogP contribution in [0.5, 0.6) is 5.75 Å². The highest BCUT2D eigenvalue weighted by atomic mass is 16.3. The second-order valence-electron chi connectivity index (χ2n) is 5.74. The first-order chi connectivity index (χ1) is 12.8. The number of carbonyl (C=O) groups is 4. The number of amidine groups is 1. The monoisotopic (exact) mass is 370 g/mol. The SMILES string of the molecule is CC(=O)NC1=NC(=O)C2N=CN(CC(=O)c3ccc(O)c(C(N)=O)c3)C2=N1. The van der Waals surface area contributed by atoms with Crippen LogP contribution in [0.2, 0.25) is 0 Å². The van der Waals surface area contributed by atoms with Crippen molar-refractivity contribution in [3.05, 3.63) is 29.3 Å². The van der Waals surface area contributed by atoms with Crippen molar-refractivity contribution in [2.75, 3.05) is 6.54 Å². The van der Waals surface area contributed by atoms with Gasteiger partial charge in [-0.15, -0.1) is 0 Å². The Morgan fingerprint density at radius 1 is 1.30 bits per heavy atom. The minimum atomic E-state index is -0.976. The Hall–Kier alpha value is -3.89. The fourth-order valence-corrected chi connectivity index (χ4v) is 2.52. The normalized spacial score (nSPS) is 17.9. The summed E-state index contributed by atoms with van der Waals surface area (Å²) < 4.78 is 0. The highest BCUT2D eigenvalue weighted by molar-refractivity contribution is 6.24. The van der Waals surface area contributed by atoms with Crippen LogP contribution in [-0.2, 0) is 9.59 Å². The Balaban J connectivity index is 1.82. The second-order valence-corrected chi connectivity index (χ2v) is 5.74. The molecule has 1 aromatic carbocycles. The third-order valence-electron chi connectivity index (χ3n) is 3.75. The molecule has 0 saturated carbocycles. The zero-order valence-electron chi connectivity index (χ0n) is 14.0. The van der Waals surface area contributed by atoms with E-state index in [1.165, 1.54) is 36.4 Å². The van der Waals surface area contributed by atoms with Crippen LogP contribution >= 0.6 is 0 Å². The van der Waals surface area contributed by atoms with Gasteiger partial charge in [-0.3, -0.25) is 29.5 Å². The molecule has 0 bridgehead atoms. The number of hydrogen-bond donors (Lipinski definition) is 3. The van der Waals surface area contributed by atoms with E-state index in [4.69, 9.17) is 5.73 Å². The number of nitrogens with one attached hydrogen (secondary N) is 1. The third kappa shape index (κ3) is 3.56. The number of carbonyl (C=O) groups excluding carboxylic acids is 4. The summed E-state index contributed by atoms with van der Waals surface area (Å²) in [5, 5.41) is 11.9. The van der Waals surface area contributed by atoms with Crippen LogP contribution in [0.4, 0.5) is 0 Å². The van der Waals surface area contributed by atoms with Gasteiger partial charge < -0.3 is 15.7 Å². The van der Waals surface area contributed by atoms with Crippen molar-refractivity contribution in [2.45, 2.75) is 13.0 Å². The first kappa shape index (κ1) is 17.9. The maximum atomic E-state index is 12.5. The molecular formula is C16H14N6O5. The van der Waals surface area contributed by atoms with Crippen molar-refractivity contribution >= 4 is 41.6 Å². The average molecular weight is 370 g/mol. The van der Waals surface area contributed by atoms with Crippen molar-refractivity contribution < 1.29 is 24.3 Å². The molecule has 0 radical (unpaired) electrons. The molecule has 4 N–H and O–H groups in total. The van der Waals surface area contributed by atoms with Crippen LogP contribution in [0.15, 0.2) is 33.2 Å². The van der Waals surface area contributed by atoms with Gasteiger partial charge in [0, 0.05) is 12.5 Å². The van der Waals surface area contributed by atoms with Crippen LogP contribution in [0, 0.1) is 0 Å². The summed E-state index contributed by atoms with van der Waals surface area (Å²) in [7, 11) is 0. The molecule has 1 aromatic rings. The molecule has 0 aliphatic carbocycles. The molecule has 3 amide bonds. The lowest BCUT2D eigenvalue weighted by atomic mass is 10.1. The van der Waals surface area contributed by atoms with E-state index in [1.54, 1.807) is 0 Å². The zero-order chi connectivity index (χ0) is 19.7. The minimum Gasteiger partial charge on any atom is -0.507 e. The smallest absolute Gasteiger partial charge is 0.281 e. The molecule has 3 rings (SSSR count). The summed E-state index contributed by atoms with van der Waals surface area (Å²) in [6, 6.07) is 2.74.